The molecule has 0 amide bonds. The van der Waals surface area contributed by atoms with Gasteiger partial charge in [0.2, 0.25) is 0 Å². The standard InChI is InChI=1S/C19H17N5O/c1-25-16-8-6-15(7-9-16)24-11-10-14(23-24)12-21-19-13-20-17-4-2-3-5-18(17)22-19/h2-11,13H,12H2,1H3,(H,21,22). The summed E-state index contributed by atoms with van der Waals surface area (Å²) in [6.07, 6.45) is 3.67. The van der Waals surface area contributed by atoms with E-state index in [2.05, 4.69) is 20.4 Å². The Morgan fingerprint density at radius 2 is 1.80 bits per heavy atom. The number of nitrogens with one attached hydrogen (secondary N) is 1. The summed E-state index contributed by atoms with van der Waals surface area (Å²) in [6.45, 7) is 0.580. The van der Waals surface area contributed by atoms with Crippen molar-refractivity contribution in [3.63, 3.8) is 0 Å². The number of benzene rings is 2. The highest BCUT2D eigenvalue weighted by Crippen LogP contribution is 2.15. The van der Waals surface area contributed by atoms with Crippen LogP contribution in [0.3, 0.4) is 0 Å². The number of aromatic nitrogens is 4. The third-order valence-corrected chi connectivity index (χ3v) is 3.88. The molecule has 0 saturated heterocycles. The van der Waals surface area contributed by atoms with E-state index < -0.39 is 0 Å². The number of hydrogen-bond acceptors (Lipinski definition) is 5. The van der Waals surface area contributed by atoms with Crippen LogP contribution in [-0.4, -0.2) is 26.9 Å². The van der Waals surface area contributed by atoms with Crippen LogP contribution in [0.5, 0.6) is 5.75 Å². The molecule has 4 aromatic rings. The third-order valence-electron chi connectivity index (χ3n) is 3.88. The summed E-state index contributed by atoms with van der Waals surface area (Å²) >= 11 is 0. The summed E-state index contributed by atoms with van der Waals surface area (Å²) in [5, 5.41) is 7.85. The molecule has 25 heavy (non-hydrogen) atoms. The van der Waals surface area contributed by atoms with Gasteiger partial charge < -0.3 is 10.1 Å². The lowest BCUT2D eigenvalue weighted by Gasteiger charge is -2.05. The second-order valence-corrected chi connectivity index (χ2v) is 5.55. The van der Waals surface area contributed by atoms with Gasteiger partial charge in [-0.3, -0.25) is 4.98 Å². The minimum absolute atomic E-state index is 0.580. The molecule has 0 radical (unpaired) electrons. The van der Waals surface area contributed by atoms with Gasteiger partial charge in [0, 0.05) is 6.20 Å². The Morgan fingerprint density at radius 1 is 1.00 bits per heavy atom. The molecule has 0 atom stereocenters. The molecule has 0 aliphatic heterocycles. The number of hydrogen-bond donors (Lipinski definition) is 1. The minimum Gasteiger partial charge on any atom is -0.497 e. The fraction of sp³-hybridized carbons (Fsp3) is 0.105. The lowest BCUT2D eigenvalue weighted by atomic mass is 10.3. The van der Waals surface area contributed by atoms with Gasteiger partial charge in [-0.05, 0) is 42.5 Å². The number of rotatable bonds is 5. The zero-order valence-corrected chi connectivity index (χ0v) is 13.8. The fourth-order valence-corrected chi connectivity index (χ4v) is 2.56. The molecule has 0 aliphatic rings. The van der Waals surface area contributed by atoms with Gasteiger partial charge in [0.1, 0.15) is 11.6 Å². The van der Waals surface area contributed by atoms with E-state index in [1.807, 2.05) is 65.5 Å². The van der Waals surface area contributed by atoms with Crippen molar-refractivity contribution in [3.05, 3.63) is 72.7 Å². The molecule has 0 bridgehead atoms. The Hall–Kier alpha value is -3.41. The zero-order valence-electron chi connectivity index (χ0n) is 13.8. The van der Waals surface area contributed by atoms with Crippen molar-refractivity contribution in [3.8, 4) is 11.4 Å². The maximum Gasteiger partial charge on any atom is 0.145 e. The van der Waals surface area contributed by atoms with Gasteiger partial charge >= 0.3 is 0 Å². The van der Waals surface area contributed by atoms with E-state index in [4.69, 9.17) is 4.74 Å². The van der Waals surface area contributed by atoms with Crippen LogP contribution in [0.4, 0.5) is 5.82 Å². The first-order valence-corrected chi connectivity index (χ1v) is 7.96. The van der Waals surface area contributed by atoms with E-state index in [1.165, 1.54) is 0 Å². The molecule has 0 fully saturated rings. The minimum atomic E-state index is 0.580. The highest BCUT2D eigenvalue weighted by molar-refractivity contribution is 5.75. The largest absolute Gasteiger partial charge is 0.497 e. The number of nitrogens with zero attached hydrogens (tertiary/aromatic N) is 4. The number of methoxy groups -OCH3 is 1. The Morgan fingerprint density at radius 3 is 2.60 bits per heavy atom. The van der Waals surface area contributed by atoms with Gasteiger partial charge in [-0.15, -0.1) is 0 Å². The van der Waals surface area contributed by atoms with Crippen LogP contribution in [-0.2, 0) is 6.54 Å². The van der Waals surface area contributed by atoms with Crippen LogP contribution in [0.15, 0.2) is 67.0 Å². The van der Waals surface area contributed by atoms with Crippen LogP contribution in [0.1, 0.15) is 5.69 Å². The average Bonchev–Trinajstić information content (AvgIpc) is 3.15. The molecule has 0 aliphatic carbocycles. The van der Waals surface area contributed by atoms with Crippen molar-refractivity contribution in [1.29, 1.82) is 0 Å². The third kappa shape index (κ3) is 3.28. The molecule has 124 valence electrons. The smallest absolute Gasteiger partial charge is 0.145 e. The number of ether oxygens (including phenoxy) is 1. The zero-order chi connectivity index (χ0) is 17.1. The Labute approximate surface area is 145 Å². The van der Waals surface area contributed by atoms with Crippen molar-refractivity contribution in [2.75, 3.05) is 12.4 Å². The summed E-state index contributed by atoms with van der Waals surface area (Å²) in [7, 11) is 1.66. The molecule has 0 unspecified atom stereocenters. The molecular weight excluding hydrogens is 314 g/mol. The number of fused-ring (bicyclic) bond motifs is 1. The highest BCUT2D eigenvalue weighted by Gasteiger charge is 2.03. The van der Waals surface area contributed by atoms with Crippen LogP contribution in [0, 0.1) is 0 Å². The molecule has 6 nitrogen and oxygen atoms in total. The summed E-state index contributed by atoms with van der Waals surface area (Å²) in [5.74, 6) is 1.56. The van der Waals surface area contributed by atoms with Crippen molar-refractivity contribution in [2.24, 2.45) is 0 Å². The number of para-hydroxylation sites is 2. The normalized spacial score (nSPS) is 10.8. The molecule has 6 heteroatoms. The molecule has 2 aromatic carbocycles. The van der Waals surface area contributed by atoms with Crippen molar-refractivity contribution >= 4 is 16.9 Å². The Bertz CT molecular complexity index is 994. The molecule has 2 heterocycles. The number of anilines is 1. The second kappa shape index (κ2) is 6.60. The van der Waals surface area contributed by atoms with Crippen molar-refractivity contribution in [1.82, 2.24) is 19.7 Å². The van der Waals surface area contributed by atoms with E-state index in [1.54, 1.807) is 13.3 Å². The van der Waals surface area contributed by atoms with Gasteiger partial charge in [-0.2, -0.15) is 5.10 Å². The lowest BCUT2D eigenvalue weighted by Crippen LogP contribution is -2.04. The first-order valence-electron chi connectivity index (χ1n) is 7.96. The molecule has 2 aromatic heterocycles. The van der Waals surface area contributed by atoms with Gasteiger partial charge in [-0.25, -0.2) is 9.67 Å². The van der Waals surface area contributed by atoms with E-state index >= 15 is 0 Å². The van der Waals surface area contributed by atoms with Crippen molar-refractivity contribution < 1.29 is 4.74 Å². The van der Waals surface area contributed by atoms with Gasteiger partial charge in [0.15, 0.2) is 0 Å². The van der Waals surface area contributed by atoms with Gasteiger partial charge in [0.05, 0.1) is 42.3 Å². The average molecular weight is 331 g/mol. The predicted octanol–water partition coefficient (Wildman–Crippen LogP) is 3.44. The van der Waals surface area contributed by atoms with Gasteiger partial charge in [0.25, 0.3) is 0 Å². The topological polar surface area (TPSA) is 64.9 Å². The molecule has 1 N–H and O–H groups in total. The van der Waals surface area contributed by atoms with Crippen LogP contribution in [0.25, 0.3) is 16.7 Å². The molecule has 4 rings (SSSR count). The quantitative estimate of drug-likeness (QED) is 0.607. The lowest BCUT2D eigenvalue weighted by molar-refractivity contribution is 0.414. The summed E-state index contributed by atoms with van der Waals surface area (Å²) in [6, 6.07) is 17.6. The van der Waals surface area contributed by atoms with E-state index in [-0.39, 0.29) is 0 Å². The summed E-state index contributed by atoms with van der Waals surface area (Å²) < 4.78 is 7.01. The van der Waals surface area contributed by atoms with Crippen LogP contribution >= 0.6 is 0 Å². The van der Waals surface area contributed by atoms with E-state index in [9.17, 15) is 0 Å². The second-order valence-electron chi connectivity index (χ2n) is 5.55. The Balaban J connectivity index is 1.46. The Kier molecular flexibility index (Phi) is 4.00. The molecular formula is C19H17N5O. The maximum absolute atomic E-state index is 5.18. The van der Waals surface area contributed by atoms with Crippen LogP contribution in [0.2, 0.25) is 0 Å². The molecule has 0 saturated carbocycles. The van der Waals surface area contributed by atoms with Crippen molar-refractivity contribution in [2.45, 2.75) is 6.54 Å². The fourth-order valence-electron chi connectivity index (χ4n) is 2.56. The highest BCUT2D eigenvalue weighted by atomic mass is 16.5. The first-order chi connectivity index (χ1) is 12.3. The van der Waals surface area contributed by atoms with Crippen LogP contribution < -0.4 is 10.1 Å². The maximum atomic E-state index is 5.18. The van der Waals surface area contributed by atoms with E-state index in [0.29, 0.717) is 6.54 Å². The summed E-state index contributed by atoms with van der Waals surface area (Å²) in [5.41, 5.74) is 3.66. The first kappa shape index (κ1) is 15.1. The van der Waals surface area contributed by atoms with Gasteiger partial charge in [-0.1, -0.05) is 12.1 Å². The molecule has 0 spiro atoms. The summed E-state index contributed by atoms with van der Waals surface area (Å²) in [4.78, 5) is 8.95. The SMILES string of the molecule is COc1ccc(-n2ccc(CNc3cnc4ccccc4n3)n2)cc1. The predicted molar refractivity (Wildman–Crippen MR) is 97.0 cm³/mol. The van der Waals surface area contributed by atoms with E-state index in [0.717, 1.165) is 34.0 Å². The monoisotopic (exact) mass is 331 g/mol.